The summed E-state index contributed by atoms with van der Waals surface area (Å²) in [4.78, 5) is 27.0. The Balaban J connectivity index is 1.53. The van der Waals surface area contributed by atoms with Crippen LogP contribution in [-0.2, 0) is 16.0 Å². The molecule has 0 aliphatic carbocycles. The van der Waals surface area contributed by atoms with Gasteiger partial charge in [-0.1, -0.05) is 35.9 Å². The molecule has 0 aliphatic heterocycles. The van der Waals surface area contributed by atoms with Gasteiger partial charge in [0.05, 0.1) is 13.0 Å². The monoisotopic (exact) mass is 341 g/mol. The molecule has 0 fully saturated rings. The second kappa shape index (κ2) is 7.19. The second-order valence-corrected chi connectivity index (χ2v) is 5.81. The van der Waals surface area contributed by atoms with Gasteiger partial charge in [-0.3, -0.25) is 9.59 Å². The molecule has 2 aromatic carbocycles. The van der Waals surface area contributed by atoms with Crippen LogP contribution in [0.2, 0.25) is 5.02 Å². The van der Waals surface area contributed by atoms with E-state index in [1.165, 1.54) is 0 Å². The highest BCUT2D eigenvalue weighted by molar-refractivity contribution is 6.30. The number of nitrogens with one attached hydrogen (secondary N) is 3. The molecule has 24 heavy (non-hydrogen) atoms. The molecule has 5 nitrogen and oxygen atoms in total. The molecule has 3 N–H and O–H groups in total. The highest BCUT2D eigenvalue weighted by Gasteiger charge is 2.10. The molecule has 2 amide bonds. The van der Waals surface area contributed by atoms with Gasteiger partial charge in [0.2, 0.25) is 11.8 Å². The number of rotatable bonds is 5. The van der Waals surface area contributed by atoms with Gasteiger partial charge in [0, 0.05) is 27.8 Å². The van der Waals surface area contributed by atoms with Gasteiger partial charge in [-0.05, 0) is 29.8 Å². The first-order chi connectivity index (χ1) is 11.6. The normalized spacial score (nSPS) is 10.5. The van der Waals surface area contributed by atoms with Crippen molar-refractivity contribution in [3.63, 3.8) is 0 Å². The van der Waals surface area contributed by atoms with Crippen LogP contribution in [-0.4, -0.2) is 23.3 Å². The summed E-state index contributed by atoms with van der Waals surface area (Å²) in [5.74, 6) is -0.509. The fraction of sp³-hybridized carbons (Fsp3) is 0.111. The Morgan fingerprint density at radius 1 is 1.04 bits per heavy atom. The number of aromatic amines is 1. The number of hydrogen-bond donors (Lipinski definition) is 3. The summed E-state index contributed by atoms with van der Waals surface area (Å²) in [6, 6.07) is 14.6. The molecule has 0 spiro atoms. The van der Waals surface area contributed by atoms with E-state index in [-0.39, 0.29) is 24.8 Å². The summed E-state index contributed by atoms with van der Waals surface area (Å²) in [6.45, 7) is -0.0896. The van der Waals surface area contributed by atoms with Gasteiger partial charge in [0.1, 0.15) is 0 Å². The first kappa shape index (κ1) is 16.1. The molecule has 0 aliphatic rings. The minimum absolute atomic E-state index is 0.0896. The predicted octanol–water partition coefficient (Wildman–Crippen LogP) is 3.12. The summed E-state index contributed by atoms with van der Waals surface area (Å²) >= 11 is 5.86. The Morgan fingerprint density at radius 2 is 1.88 bits per heavy atom. The maximum Gasteiger partial charge on any atom is 0.243 e. The van der Waals surface area contributed by atoms with Crippen LogP contribution in [0, 0.1) is 0 Å². The molecule has 0 bridgehead atoms. The Morgan fingerprint density at radius 3 is 2.71 bits per heavy atom. The zero-order chi connectivity index (χ0) is 16.9. The van der Waals surface area contributed by atoms with Crippen LogP contribution in [0.1, 0.15) is 5.56 Å². The number of halogens is 1. The fourth-order valence-corrected chi connectivity index (χ4v) is 2.65. The third-order valence-electron chi connectivity index (χ3n) is 3.58. The zero-order valence-corrected chi connectivity index (χ0v) is 13.6. The minimum atomic E-state index is -0.301. The highest BCUT2D eigenvalue weighted by Crippen LogP contribution is 2.18. The zero-order valence-electron chi connectivity index (χ0n) is 12.8. The summed E-state index contributed by atoms with van der Waals surface area (Å²) in [6.07, 6.45) is 2.03. The van der Waals surface area contributed by atoms with Crippen LogP contribution in [0.4, 0.5) is 5.69 Å². The number of amides is 2. The van der Waals surface area contributed by atoms with Gasteiger partial charge in [0.25, 0.3) is 0 Å². The molecule has 0 saturated carbocycles. The molecule has 1 aromatic heterocycles. The van der Waals surface area contributed by atoms with Crippen LogP contribution in [0.5, 0.6) is 0 Å². The molecule has 3 rings (SSSR count). The quantitative estimate of drug-likeness (QED) is 0.667. The maximum absolute atomic E-state index is 12.0. The average molecular weight is 342 g/mol. The van der Waals surface area contributed by atoms with E-state index in [4.69, 9.17) is 11.6 Å². The van der Waals surface area contributed by atoms with Crippen molar-refractivity contribution in [2.24, 2.45) is 0 Å². The number of fused-ring (bicyclic) bond motifs is 1. The van der Waals surface area contributed by atoms with Gasteiger partial charge in [0.15, 0.2) is 0 Å². The first-order valence-electron chi connectivity index (χ1n) is 7.49. The Hall–Kier alpha value is -2.79. The third-order valence-corrected chi connectivity index (χ3v) is 3.82. The lowest BCUT2D eigenvalue weighted by molar-refractivity contribution is -0.123. The predicted molar refractivity (Wildman–Crippen MR) is 95.1 cm³/mol. The molecule has 3 aromatic rings. The fourth-order valence-electron chi connectivity index (χ4n) is 2.46. The van der Waals surface area contributed by atoms with Gasteiger partial charge in [-0.2, -0.15) is 0 Å². The van der Waals surface area contributed by atoms with Crippen molar-refractivity contribution in [2.75, 3.05) is 11.9 Å². The Labute approximate surface area is 144 Å². The number of anilines is 1. The number of benzene rings is 2. The van der Waals surface area contributed by atoms with E-state index in [0.717, 1.165) is 16.5 Å². The summed E-state index contributed by atoms with van der Waals surface area (Å²) in [5, 5.41) is 6.85. The van der Waals surface area contributed by atoms with E-state index in [1.807, 2.05) is 30.5 Å². The minimum Gasteiger partial charge on any atom is -0.361 e. The maximum atomic E-state index is 12.0. The number of carbonyl (C=O) groups excluding carboxylic acids is 2. The van der Waals surface area contributed by atoms with Crippen LogP contribution >= 0.6 is 11.6 Å². The molecule has 122 valence electrons. The van der Waals surface area contributed by atoms with E-state index in [1.54, 1.807) is 24.3 Å². The standard InChI is InChI=1S/C18H16ClN3O2/c19-13-4-3-5-14(9-13)22-18(24)11-21-17(23)8-12-10-20-16-7-2-1-6-15(12)16/h1-7,9-10,20H,8,11H2,(H,21,23)(H,22,24). The van der Waals surface area contributed by atoms with Crippen molar-refractivity contribution in [1.29, 1.82) is 0 Å². The number of hydrogen-bond acceptors (Lipinski definition) is 2. The van der Waals surface area contributed by atoms with Gasteiger partial charge >= 0.3 is 0 Å². The molecule has 0 atom stereocenters. The van der Waals surface area contributed by atoms with Crippen molar-refractivity contribution >= 4 is 40.0 Å². The summed E-state index contributed by atoms with van der Waals surface area (Å²) < 4.78 is 0. The lowest BCUT2D eigenvalue weighted by atomic mass is 10.1. The van der Waals surface area contributed by atoms with E-state index in [9.17, 15) is 9.59 Å². The largest absolute Gasteiger partial charge is 0.361 e. The van der Waals surface area contributed by atoms with Gasteiger partial charge < -0.3 is 15.6 Å². The number of aromatic nitrogens is 1. The van der Waals surface area contributed by atoms with Crippen molar-refractivity contribution in [1.82, 2.24) is 10.3 Å². The first-order valence-corrected chi connectivity index (χ1v) is 7.87. The topological polar surface area (TPSA) is 74.0 Å². The molecule has 1 heterocycles. The Bertz CT molecular complexity index is 889. The number of carbonyl (C=O) groups is 2. The molecule has 6 heteroatoms. The summed E-state index contributed by atoms with van der Waals surface area (Å²) in [5.41, 5.74) is 2.48. The van der Waals surface area contributed by atoms with E-state index in [0.29, 0.717) is 10.7 Å². The van der Waals surface area contributed by atoms with E-state index >= 15 is 0 Å². The van der Waals surface area contributed by atoms with Crippen LogP contribution < -0.4 is 10.6 Å². The molecule has 0 unspecified atom stereocenters. The second-order valence-electron chi connectivity index (χ2n) is 5.37. The lowest BCUT2D eigenvalue weighted by Crippen LogP contribution is -2.33. The van der Waals surface area contributed by atoms with Crippen molar-refractivity contribution < 1.29 is 9.59 Å². The van der Waals surface area contributed by atoms with Crippen molar-refractivity contribution in [2.45, 2.75) is 6.42 Å². The van der Waals surface area contributed by atoms with Crippen LogP contribution in [0.3, 0.4) is 0 Å². The Kier molecular flexibility index (Phi) is 4.82. The SMILES string of the molecule is O=C(Cc1c[nH]c2ccccc12)NCC(=O)Nc1cccc(Cl)c1. The molecular formula is C18H16ClN3O2. The van der Waals surface area contributed by atoms with Crippen LogP contribution in [0.25, 0.3) is 10.9 Å². The number of H-pyrrole nitrogens is 1. The van der Waals surface area contributed by atoms with Gasteiger partial charge in [-0.25, -0.2) is 0 Å². The van der Waals surface area contributed by atoms with E-state index < -0.39 is 0 Å². The van der Waals surface area contributed by atoms with E-state index in [2.05, 4.69) is 15.6 Å². The average Bonchev–Trinajstić information content (AvgIpc) is 2.96. The van der Waals surface area contributed by atoms with Gasteiger partial charge in [-0.15, -0.1) is 0 Å². The van der Waals surface area contributed by atoms with Crippen molar-refractivity contribution in [3.8, 4) is 0 Å². The smallest absolute Gasteiger partial charge is 0.243 e. The molecule has 0 saturated heterocycles. The lowest BCUT2D eigenvalue weighted by Gasteiger charge is -2.07. The number of para-hydroxylation sites is 1. The molecule has 0 radical (unpaired) electrons. The summed E-state index contributed by atoms with van der Waals surface area (Å²) in [7, 11) is 0. The highest BCUT2D eigenvalue weighted by atomic mass is 35.5. The molecular weight excluding hydrogens is 326 g/mol. The van der Waals surface area contributed by atoms with Crippen LogP contribution in [0.15, 0.2) is 54.7 Å². The van der Waals surface area contributed by atoms with Crippen molar-refractivity contribution in [3.05, 3.63) is 65.3 Å². The third kappa shape index (κ3) is 3.94.